The fourth-order valence-electron chi connectivity index (χ4n) is 2.03. The number of rotatable bonds is 8. The van der Waals surface area contributed by atoms with Crippen LogP contribution in [-0.2, 0) is 9.59 Å². The predicted molar refractivity (Wildman–Crippen MR) is 88.5 cm³/mol. The summed E-state index contributed by atoms with van der Waals surface area (Å²) < 4.78 is 0. The van der Waals surface area contributed by atoms with Crippen molar-refractivity contribution in [1.29, 1.82) is 0 Å². The molecule has 2 amide bonds. The van der Waals surface area contributed by atoms with E-state index in [0.717, 1.165) is 24.2 Å². The van der Waals surface area contributed by atoms with Crippen LogP contribution >= 0.6 is 11.3 Å². The molecule has 0 saturated carbocycles. The zero-order valence-corrected chi connectivity index (χ0v) is 14.6. The maximum atomic E-state index is 12.1. The molecule has 1 atom stereocenters. The van der Waals surface area contributed by atoms with Gasteiger partial charge in [-0.25, -0.2) is 9.78 Å². The van der Waals surface area contributed by atoms with Gasteiger partial charge in [-0.3, -0.25) is 9.59 Å². The first-order chi connectivity index (χ1) is 10.8. The Kier molecular flexibility index (Phi) is 7.15. The van der Waals surface area contributed by atoms with Gasteiger partial charge < -0.3 is 15.7 Å². The van der Waals surface area contributed by atoms with Crippen molar-refractivity contribution in [3.63, 3.8) is 0 Å². The van der Waals surface area contributed by atoms with Gasteiger partial charge in [-0.1, -0.05) is 27.7 Å². The molecule has 0 aliphatic heterocycles. The lowest BCUT2D eigenvalue weighted by molar-refractivity contribution is -0.140. The summed E-state index contributed by atoms with van der Waals surface area (Å²) in [5, 5.41) is 16.1. The predicted octanol–water partition coefficient (Wildman–Crippen LogP) is 2.36. The quantitative estimate of drug-likeness (QED) is 0.672. The Labute approximate surface area is 139 Å². The second-order valence-corrected chi connectivity index (χ2v) is 6.43. The summed E-state index contributed by atoms with van der Waals surface area (Å²) in [5.41, 5.74) is 0.0988. The van der Waals surface area contributed by atoms with Crippen molar-refractivity contribution in [1.82, 2.24) is 10.3 Å². The van der Waals surface area contributed by atoms with Gasteiger partial charge in [0, 0.05) is 11.3 Å². The Morgan fingerprint density at radius 2 is 1.87 bits per heavy atom. The molecule has 0 saturated heterocycles. The number of anilines is 1. The van der Waals surface area contributed by atoms with Gasteiger partial charge in [0.25, 0.3) is 5.91 Å². The van der Waals surface area contributed by atoms with E-state index in [4.69, 9.17) is 5.11 Å². The number of aliphatic carboxylic acids is 1. The Bertz CT molecular complexity index is 567. The van der Waals surface area contributed by atoms with E-state index in [1.54, 1.807) is 13.8 Å². The highest BCUT2D eigenvalue weighted by Crippen LogP contribution is 2.18. The highest BCUT2D eigenvalue weighted by Gasteiger charge is 2.25. The topological polar surface area (TPSA) is 108 Å². The molecule has 0 fully saturated rings. The van der Waals surface area contributed by atoms with Crippen molar-refractivity contribution in [2.24, 2.45) is 11.8 Å². The third kappa shape index (κ3) is 5.31. The molecule has 23 heavy (non-hydrogen) atoms. The average Bonchev–Trinajstić information content (AvgIpc) is 2.93. The lowest BCUT2D eigenvalue weighted by Gasteiger charge is -2.16. The van der Waals surface area contributed by atoms with Gasteiger partial charge in [0.2, 0.25) is 5.91 Å². The average molecular weight is 341 g/mol. The standard InChI is InChI=1S/C15H23N3O4S/c1-5-9(6-2)12(19)18-15-16-10(7-23-15)13(20)17-11(8(3)4)14(21)22/h7-9,11H,5-6H2,1-4H3,(H,17,20)(H,21,22)(H,16,18,19). The maximum absolute atomic E-state index is 12.1. The van der Waals surface area contributed by atoms with Gasteiger partial charge in [-0.2, -0.15) is 0 Å². The maximum Gasteiger partial charge on any atom is 0.326 e. The number of carboxylic acids is 1. The number of amides is 2. The Morgan fingerprint density at radius 3 is 2.35 bits per heavy atom. The Hall–Kier alpha value is -1.96. The van der Waals surface area contributed by atoms with E-state index >= 15 is 0 Å². The number of hydrogen-bond acceptors (Lipinski definition) is 5. The molecular formula is C15H23N3O4S. The van der Waals surface area contributed by atoms with Crippen molar-refractivity contribution in [2.45, 2.75) is 46.6 Å². The minimum Gasteiger partial charge on any atom is -0.480 e. The first kappa shape index (κ1) is 19.1. The van der Waals surface area contributed by atoms with Crippen molar-refractivity contribution < 1.29 is 19.5 Å². The largest absolute Gasteiger partial charge is 0.480 e. The van der Waals surface area contributed by atoms with E-state index in [0.29, 0.717) is 5.13 Å². The van der Waals surface area contributed by atoms with E-state index in [1.807, 2.05) is 13.8 Å². The molecule has 1 aromatic rings. The van der Waals surface area contributed by atoms with E-state index < -0.39 is 17.9 Å². The zero-order valence-electron chi connectivity index (χ0n) is 13.8. The highest BCUT2D eigenvalue weighted by atomic mass is 32.1. The number of carbonyl (C=O) groups is 3. The summed E-state index contributed by atoms with van der Waals surface area (Å²) in [4.78, 5) is 39.2. The van der Waals surface area contributed by atoms with Crippen LogP contribution in [0.2, 0.25) is 0 Å². The highest BCUT2D eigenvalue weighted by molar-refractivity contribution is 7.14. The number of carbonyl (C=O) groups excluding carboxylic acids is 2. The molecule has 1 heterocycles. The van der Waals surface area contributed by atoms with Gasteiger partial charge in [0.1, 0.15) is 11.7 Å². The Balaban J connectivity index is 2.73. The molecule has 3 N–H and O–H groups in total. The second-order valence-electron chi connectivity index (χ2n) is 5.57. The van der Waals surface area contributed by atoms with Crippen LogP contribution in [0.3, 0.4) is 0 Å². The summed E-state index contributed by atoms with van der Waals surface area (Å²) in [6.45, 7) is 7.29. The Morgan fingerprint density at radius 1 is 1.26 bits per heavy atom. The smallest absolute Gasteiger partial charge is 0.326 e. The van der Waals surface area contributed by atoms with Gasteiger partial charge in [-0.15, -0.1) is 11.3 Å². The second kappa shape index (κ2) is 8.61. The first-order valence-corrected chi connectivity index (χ1v) is 8.48. The molecule has 0 spiro atoms. The molecule has 1 rings (SSSR count). The van der Waals surface area contributed by atoms with Gasteiger partial charge in [0.05, 0.1) is 0 Å². The van der Waals surface area contributed by atoms with Crippen LogP contribution in [0.5, 0.6) is 0 Å². The number of aromatic nitrogens is 1. The molecule has 0 aliphatic rings. The van der Waals surface area contributed by atoms with Crippen LogP contribution < -0.4 is 10.6 Å². The summed E-state index contributed by atoms with van der Waals surface area (Å²) in [6.07, 6.45) is 1.46. The van der Waals surface area contributed by atoms with Crippen molar-refractivity contribution >= 4 is 34.3 Å². The third-order valence-corrected chi connectivity index (χ3v) is 4.30. The molecule has 1 aromatic heterocycles. The number of nitrogens with zero attached hydrogens (tertiary/aromatic N) is 1. The molecule has 8 heteroatoms. The minimum absolute atomic E-state index is 0.0893. The van der Waals surface area contributed by atoms with E-state index in [1.165, 1.54) is 5.38 Å². The van der Waals surface area contributed by atoms with Gasteiger partial charge in [-0.05, 0) is 18.8 Å². The van der Waals surface area contributed by atoms with E-state index in [-0.39, 0.29) is 23.4 Å². The summed E-state index contributed by atoms with van der Waals surface area (Å²) >= 11 is 1.14. The zero-order chi connectivity index (χ0) is 17.6. The molecule has 1 unspecified atom stereocenters. The van der Waals surface area contributed by atoms with Crippen LogP contribution in [-0.4, -0.2) is 33.9 Å². The molecule has 0 aliphatic carbocycles. The molecule has 0 aromatic carbocycles. The fraction of sp³-hybridized carbons (Fsp3) is 0.600. The number of thiazole rings is 1. The SMILES string of the molecule is CCC(CC)C(=O)Nc1nc(C(=O)NC(C(=O)O)C(C)C)cs1. The van der Waals surface area contributed by atoms with Crippen molar-refractivity contribution in [3.8, 4) is 0 Å². The monoisotopic (exact) mass is 341 g/mol. The normalized spacial score (nSPS) is 12.3. The van der Waals surface area contributed by atoms with Crippen molar-refractivity contribution in [3.05, 3.63) is 11.1 Å². The first-order valence-electron chi connectivity index (χ1n) is 7.60. The van der Waals surface area contributed by atoms with Crippen LogP contribution in [0.1, 0.15) is 51.0 Å². The summed E-state index contributed by atoms with van der Waals surface area (Å²) in [7, 11) is 0. The van der Waals surface area contributed by atoms with E-state index in [9.17, 15) is 14.4 Å². The summed E-state index contributed by atoms with van der Waals surface area (Å²) in [6, 6.07) is -0.980. The number of nitrogens with one attached hydrogen (secondary N) is 2. The van der Waals surface area contributed by atoms with Crippen molar-refractivity contribution in [2.75, 3.05) is 5.32 Å². The minimum atomic E-state index is -1.09. The number of hydrogen-bond donors (Lipinski definition) is 3. The van der Waals surface area contributed by atoms with E-state index in [2.05, 4.69) is 15.6 Å². The molecule has 7 nitrogen and oxygen atoms in total. The number of carboxylic acid groups (broad SMARTS) is 1. The van der Waals surface area contributed by atoms with Crippen LogP contribution in [0.4, 0.5) is 5.13 Å². The molecule has 0 radical (unpaired) electrons. The molecule has 128 valence electrons. The van der Waals surface area contributed by atoms with Gasteiger partial charge >= 0.3 is 5.97 Å². The lowest BCUT2D eigenvalue weighted by atomic mass is 10.0. The molecular weight excluding hydrogens is 318 g/mol. The van der Waals surface area contributed by atoms with Gasteiger partial charge in [0.15, 0.2) is 5.13 Å². The molecule has 0 bridgehead atoms. The third-order valence-electron chi connectivity index (χ3n) is 3.54. The summed E-state index contributed by atoms with van der Waals surface area (Å²) in [5.74, 6) is -2.12. The van der Waals surface area contributed by atoms with Crippen LogP contribution in [0, 0.1) is 11.8 Å². The lowest BCUT2D eigenvalue weighted by Crippen LogP contribution is -2.44. The fourth-order valence-corrected chi connectivity index (χ4v) is 2.72. The van der Waals surface area contributed by atoms with Crippen LogP contribution in [0.15, 0.2) is 5.38 Å². The van der Waals surface area contributed by atoms with Crippen LogP contribution in [0.25, 0.3) is 0 Å².